The molecule has 1 aromatic rings. The molecule has 8 unspecified atom stereocenters. The van der Waals surface area contributed by atoms with Crippen LogP contribution in [0.4, 0.5) is 17.1 Å². The Morgan fingerprint density at radius 2 is 1.81 bits per heavy atom. The molecule has 0 aliphatic heterocycles. The van der Waals surface area contributed by atoms with Gasteiger partial charge in [-0.25, -0.2) is 0 Å². The van der Waals surface area contributed by atoms with Crippen molar-refractivity contribution in [2.75, 3.05) is 5.43 Å². The van der Waals surface area contributed by atoms with Crippen LogP contribution in [0, 0.1) is 67.6 Å². The Morgan fingerprint density at radius 3 is 2.50 bits per heavy atom. The summed E-state index contributed by atoms with van der Waals surface area (Å²) in [5, 5.41) is 26.8. The molecular formula is C17H15IN4O4. The fraction of sp³-hybridized carbons (Fsp3) is 0.588. The van der Waals surface area contributed by atoms with Crippen molar-refractivity contribution in [2.24, 2.45) is 52.4 Å². The zero-order chi connectivity index (χ0) is 17.9. The molecule has 1 N–H and O–H groups in total. The molecule has 0 heterocycles. The van der Waals surface area contributed by atoms with Gasteiger partial charge in [-0.05, 0) is 48.0 Å². The standard InChI is InChI=1S/C17H15IN4O4/c18-16-12-6-4-7-10(12)15-14(16)11(6)13(7)17(15)20-19-8-2-1-5(21(23)24)3-9(8)22(25)26/h1-3,6-7,10-16,19H,4H2/b20-17+/t6?,7?,10?,11?,12?,13?,14?,15?,16-/m0/s1. The normalized spacial score (nSPS) is 46.8. The summed E-state index contributed by atoms with van der Waals surface area (Å²) in [7, 11) is 0. The highest BCUT2D eigenvalue weighted by Crippen LogP contribution is 2.82. The Balaban J connectivity index is 1.35. The van der Waals surface area contributed by atoms with Crippen LogP contribution in [0.25, 0.3) is 0 Å². The predicted molar refractivity (Wildman–Crippen MR) is 101 cm³/mol. The quantitative estimate of drug-likeness (QED) is 0.316. The van der Waals surface area contributed by atoms with Gasteiger partial charge in [0.05, 0.1) is 15.9 Å². The maximum absolute atomic E-state index is 11.3. The Labute approximate surface area is 161 Å². The van der Waals surface area contributed by atoms with E-state index in [2.05, 4.69) is 33.1 Å². The minimum atomic E-state index is -0.626. The first kappa shape index (κ1) is 15.3. The molecule has 7 rings (SSSR count). The Morgan fingerprint density at radius 1 is 1.04 bits per heavy atom. The number of anilines is 1. The summed E-state index contributed by atoms with van der Waals surface area (Å²) in [5.41, 5.74) is 3.72. The topological polar surface area (TPSA) is 111 Å². The first-order valence-electron chi connectivity index (χ1n) is 8.89. The van der Waals surface area contributed by atoms with Crippen molar-refractivity contribution < 1.29 is 9.85 Å². The number of alkyl halides is 1. The van der Waals surface area contributed by atoms with E-state index in [-0.39, 0.29) is 17.1 Å². The van der Waals surface area contributed by atoms with Crippen molar-refractivity contribution in [3.8, 4) is 0 Å². The number of halogens is 1. The lowest BCUT2D eigenvalue weighted by molar-refractivity contribution is -0.393. The van der Waals surface area contributed by atoms with E-state index >= 15 is 0 Å². The first-order valence-corrected chi connectivity index (χ1v) is 10.1. The Kier molecular flexibility index (Phi) is 2.78. The fourth-order valence-electron chi connectivity index (χ4n) is 7.38. The number of hydrogen-bond donors (Lipinski definition) is 1. The van der Waals surface area contributed by atoms with E-state index < -0.39 is 9.85 Å². The smallest absolute Gasteiger partial charge is 0.272 e. The fourth-order valence-corrected chi connectivity index (χ4v) is 9.32. The highest BCUT2D eigenvalue weighted by atomic mass is 127. The summed E-state index contributed by atoms with van der Waals surface area (Å²) in [5.74, 6) is 5.89. The molecule has 0 aromatic heterocycles. The number of nitro benzene ring substituents is 2. The minimum Gasteiger partial charge on any atom is -0.272 e. The average molecular weight is 466 g/mol. The predicted octanol–water partition coefficient (Wildman–Crippen LogP) is 3.46. The molecule has 6 saturated carbocycles. The monoisotopic (exact) mass is 466 g/mol. The molecule has 0 spiro atoms. The van der Waals surface area contributed by atoms with E-state index in [9.17, 15) is 20.2 Å². The molecular weight excluding hydrogens is 451 g/mol. The summed E-state index contributed by atoms with van der Waals surface area (Å²) in [4.78, 5) is 20.9. The third-order valence-corrected chi connectivity index (χ3v) is 9.40. The van der Waals surface area contributed by atoms with E-state index in [0.29, 0.717) is 11.8 Å². The van der Waals surface area contributed by atoms with Gasteiger partial charge in [0.15, 0.2) is 0 Å². The molecule has 6 fully saturated rings. The SMILES string of the molecule is O=[N+]([O-])c1ccc(N/N=C2\C3C4CC5C3C3C2C4C5[C@@H]3I)c([N+](=O)[O-])c1. The molecule has 0 saturated heterocycles. The van der Waals surface area contributed by atoms with E-state index in [4.69, 9.17) is 0 Å². The minimum absolute atomic E-state index is 0.220. The van der Waals surface area contributed by atoms with Crippen molar-refractivity contribution in [2.45, 2.75) is 10.3 Å². The summed E-state index contributed by atoms with van der Waals surface area (Å²) >= 11 is 2.65. The second-order valence-corrected chi connectivity index (χ2v) is 9.67. The summed E-state index contributed by atoms with van der Waals surface area (Å²) < 4.78 is 0.758. The van der Waals surface area contributed by atoms with Gasteiger partial charge in [-0.3, -0.25) is 25.7 Å². The zero-order valence-corrected chi connectivity index (χ0v) is 15.6. The first-order chi connectivity index (χ1) is 12.5. The maximum atomic E-state index is 11.3. The third-order valence-electron chi connectivity index (χ3n) is 7.73. The van der Waals surface area contributed by atoms with Gasteiger partial charge >= 0.3 is 5.69 Å². The van der Waals surface area contributed by atoms with E-state index in [1.807, 2.05) is 0 Å². The van der Waals surface area contributed by atoms with Crippen LogP contribution in [0.1, 0.15) is 6.42 Å². The lowest BCUT2D eigenvalue weighted by Crippen LogP contribution is -2.30. The number of nitro groups is 2. The molecule has 6 aliphatic rings. The van der Waals surface area contributed by atoms with Gasteiger partial charge < -0.3 is 0 Å². The Bertz CT molecular complexity index is 918. The molecule has 1 aromatic carbocycles. The average Bonchev–Trinajstić information content (AvgIpc) is 3.35. The molecule has 6 bridgehead atoms. The molecule has 9 heteroatoms. The lowest BCUT2D eigenvalue weighted by atomic mass is 9.71. The second kappa shape index (κ2) is 4.73. The molecule has 9 atom stereocenters. The summed E-state index contributed by atoms with van der Waals surface area (Å²) in [6, 6.07) is 3.65. The number of nitrogens with zero attached hydrogens (tertiary/aromatic N) is 3. The van der Waals surface area contributed by atoms with Crippen LogP contribution in [0.5, 0.6) is 0 Å². The highest BCUT2D eigenvalue weighted by molar-refractivity contribution is 14.1. The van der Waals surface area contributed by atoms with Crippen molar-refractivity contribution in [1.82, 2.24) is 0 Å². The van der Waals surface area contributed by atoms with E-state index in [0.717, 1.165) is 45.5 Å². The van der Waals surface area contributed by atoms with Crippen LogP contribution < -0.4 is 5.43 Å². The molecule has 134 valence electrons. The van der Waals surface area contributed by atoms with Crippen LogP contribution in [-0.2, 0) is 0 Å². The van der Waals surface area contributed by atoms with E-state index in [1.165, 1.54) is 24.3 Å². The van der Waals surface area contributed by atoms with Gasteiger partial charge in [0.25, 0.3) is 5.69 Å². The number of nitrogens with one attached hydrogen (secondary N) is 1. The molecule has 6 aliphatic carbocycles. The van der Waals surface area contributed by atoms with Crippen molar-refractivity contribution in [3.05, 3.63) is 38.4 Å². The van der Waals surface area contributed by atoms with Gasteiger partial charge in [0.2, 0.25) is 0 Å². The lowest BCUT2D eigenvalue weighted by Gasteiger charge is -2.32. The number of hydrazone groups is 1. The summed E-state index contributed by atoms with van der Waals surface area (Å²) in [6.07, 6.45) is 1.34. The second-order valence-electron chi connectivity index (χ2n) is 8.23. The van der Waals surface area contributed by atoms with Crippen LogP contribution >= 0.6 is 22.6 Å². The molecule has 0 radical (unpaired) electrons. The molecule has 8 nitrogen and oxygen atoms in total. The number of rotatable bonds is 4. The van der Waals surface area contributed by atoms with Gasteiger partial charge in [-0.15, -0.1) is 0 Å². The van der Waals surface area contributed by atoms with Crippen LogP contribution in [-0.4, -0.2) is 19.5 Å². The van der Waals surface area contributed by atoms with Gasteiger partial charge in [-0.1, -0.05) is 22.6 Å². The van der Waals surface area contributed by atoms with Crippen molar-refractivity contribution in [1.29, 1.82) is 0 Å². The van der Waals surface area contributed by atoms with Crippen LogP contribution in [0.3, 0.4) is 0 Å². The van der Waals surface area contributed by atoms with Crippen LogP contribution in [0.2, 0.25) is 0 Å². The number of non-ortho nitro benzene ring substituents is 1. The highest BCUT2D eigenvalue weighted by Gasteiger charge is 2.82. The zero-order valence-electron chi connectivity index (χ0n) is 13.5. The molecule has 0 amide bonds. The molecule has 26 heavy (non-hydrogen) atoms. The van der Waals surface area contributed by atoms with E-state index in [1.54, 1.807) is 0 Å². The van der Waals surface area contributed by atoms with Gasteiger partial charge in [0.1, 0.15) is 5.69 Å². The van der Waals surface area contributed by atoms with Crippen molar-refractivity contribution in [3.63, 3.8) is 0 Å². The number of hydrogen-bond acceptors (Lipinski definition) is 6. The maximum Gasteiger partial charge on any atom is 0.301 e. The third kappa shape index (κ3) is 1.55. The largest absolute Gasteiger partial charge is 0.301 e. The van der Waals surface area contributed by atoms with Crippen molar-refractivity contribution >= 4 is 45.4 Å². The number of benzene rings is 1. The summed E-state index contributed by atoms with van der Waals surface area (Å²) in [6.45, 7) is 0. The van der Waals surface area contributed by atoms with Gasteiger partial charge in [0, 0.05) is 27.5 Å². The van der Waals surface area contributed by atoms with Crippen LogP contribution in [0.15, 0.2) is 23.3 Å². The Hall–Kier alpha value is -1.78. The van der Waals surface area contributed by atoms with Gasteiger partial charge in [-0.2, -0.15) is 5.10 Å².